The van der Waals surface area contributed by atoms with E-state index in [2.05, 4.69) is 76.3 Å². The summed E-state index contributed by atoms with van der Waals surface area (Å²) in [6, 6.07) is 0. The van der Waals surface area contributed by atoms with Gasteiger partial charge in [0.05, 0.1) is 0 Å². The third-order valence-electron chi connectivity index (χ3n) is 8.45. The van der Waals surface area contributed by atoms with Crippen molar-refractivity contribution in [1.29, 1.82) is 0 Å². The second-order valence-electron chi connectivity index (χ2n) is 12.7. The molecule has 0 saturated heterocycles. The van der Waals surface area contributed by atoms with Crippen molar-refractivity contribution in [1.82, 2.24) is 0 Å². The predicted octanol–water partition coefficient (Wildman–Crippen LogP) is 14.7. The van der Waals surface area contributed by atoms with Gasteiger partial charge >= 0.3 is 0 Å². The van der Waals surface area contributed by atoms with Gasteiger partial charge in [-0.3, -0.25) is 0 Å². The van der Waals surface area contributed by atoms with E-state index in [1.807, 2.05) is 0 Å². The van der Waals surface area contributed by atoms with Crippen molar-refractivity contribution < 1.29 is 0 Å². The maximum Gasteiger partial charge on any atom is -0.0348 e. The minimum absolute atomic E-state index is 0.799. The first-order valence-electron chi connectivity index (χ1n) is 18.3. The molecule has 0 spiro atoms. The SMILES string of the molecule is CCCCCCCC/C=C/CCCC/C=C/CCC(CC/C=C/CCCC/C=C/CCCCCCCC)C(C)C. The molecule has 0 radical (unpaired) electrons. The molecule has 0 aliphatic carbocycles. The van der Waals surface area contributed by atoms with Gasteiger partial charge in [0.2, 0.25) is 0 Å². The highest BCUT2D eigenvalue weighted by molar-refractivity contribution is 4.87. The molecule has 234 valence electrons. The molecule has 0 aromatic carbocycles. The molecule has 0 aliphatic rings. The van der Waals surface area contributed by atoms with Gasteiger partial charge in [-0.25, -0.2) is 0 Å². The van der Waals surface area contributed by atoms with Crippen molar-refractivity contribution in [3.05, 3.63) is 48.6 Å². The molecule has 0 rings (SSSR count). The lowest BCUT2D eigenvalue weighted by Gasteiger charge is -2.19. The number of hydrogen-bond acceptors (Lipinski definition) is 0. The van der Waals surface area contributed by atoms with Crippen LogP contribution in [-0.4, -0.2) is 0 Å². The zero-order chi connectivity index (χ0) is 29.2. The second kappa shape index (κ2) is 34.2. The third kappa shape index (κ3) is 31.5. The molecule has 0 aromatic rings. The van der Waals surface area contributed by atoms with Gasteiger partial charge in [0, 0.05) is 0 Å². The second-order valence-corrected chi connectivity index (χ2v) is 12.7. The summed E-state index contributed by atoms with van der Waals surface area (Å²) in [6.45, 7) is 9.41. The lowest BCUT2D eigenvalue weighted by atomic mass is 9.87. The molecule has 0 amide bonds. The van der Waals surface area contributed by atoms with E-state index < -0.39 is 0 Å². The lowest BCUT2D eigenvalue weighted by Crippen LogP contribution is -2.08. The van der Waals surface area contributed by atoms with Gasteiger partial charge in [0.1, 0.15) is 0 Å². The summed E-state index contributed by atoms with van der Waals surface area (Å²) < 4.78 is 0. The highest BCUT2D eigenvalue weighted by atomic mass is 14.2. The fraction of sp³-hybridized carbons (Fsp3) is 0.800. The van der Waals surface area contributed by atoms with E-state index in [9.17, 15) is 0 Å². The van der Waals surface area contributed by atoms with Gasteiger partial charge in [-0.15, -0.1) is 0 Å². The standard InChI is InChI=1S/C40H74/c1-5-7-9-11-13-15-17-19-21-23-25-27-29-31-33-35-37-40(39(3)4)38-36-34-32-30-28-26-24-22-20-18-16-14-12-10-8-6-2/h19-22,31-34,39-40H,5-18,23-30,35-38H2,1-4H3/b21-19+,22-20+,33-31+,34-32+. The molecule has 0 saturated carbocycles. The number of hydrogen-bond donors (Lipinski definition) is 0. The van der Waals surface area contributed by atoms with Crippen LogP contribution in [0.25, 0.3) is 0 Å². The highest BCUT2D eigenvalue weighted by Gasteiger charge is 2.11. The van der Waals surface area contributed by atoms with Crippen molar-refractivity contribution in [2.45, 2.75) is 195 Å². The van der Waals surface area contributed by atoms with Gasteiger partial charge in [-0.05, 0) is 115 Å². The summed E-state index contributed by atoms with van der Waals surface area (Å²) in [7, 11) is 0. The van der Waals surface area contributed by atoms with Crippen LogP contribution in [0.3, 0.4) is 0 Å². The highest BCUT2D eigenvalue weighted by Crippen LogP contribution is 2.23. The fourth-order valence-electron chi connectivity index (χ4n) is 5.51. The number of allylic oxidation sites excluding steroid dienone is 8. The molecule has 0 heterocycles. The quantitative estimate of drug-likeness (QED) is 0.0590. The average molecular weight is 555 g/mol. The van der Waals surface area contributed by atoms with Crippen molar-refractivity contribution in [2.75, 3.05) is 0 Å². The van der Waals surface area contributed by atoms with Crippen LogP contribution in [0, 0.1) is 11.8 Å². The summed E-state index contributed by atoms with van der Waals surface area (Å²) >= 11 is 0. The van der Waals surface area contributed by atoms with E-state index in [0.717, 1.165) is 11.8 Å². The van der Waals surface area contributed by atoms with E-state index in [1.54, 1.807) is 0 Å². The fourth-order valence-corrected chi connectivity index (χ4v) is 5.51. The van der Waals surface area contributed by atoms with Crippen molar-refractivity contribution >= 4 is 0 Å². The summed E-state index contributed by atoms with van der Waals surface area (Å²) in [6.07, 6.45) is 54.6. The Balaban J connectivity index is 3.62. The Bertz CT molecular complexity index is 527. The summed E-state index contributed by atoms with van der Waals surface area (Å²) in [5.74, 6) is 1.66. The third-order valence-corrected chi connectivity index (χ3v) is 8.45. The first-order valence-corrected chi connectivity index (χ1v) is 18.3. The molecule has 0 atom stereocenters. The van der Waals surface area contributed by atoms with Crippen LogP contribution in [0.2, 0.25) is 0 Å². The van der Waals surface area contributed by atoms with Crippen LogP contribution in [0.15, 0.2) is 48.6 Å². The predicted molar refractivity (Wildman–Crippen MR) is 186 cm³/mol. The van der Waals surface area contributed by atoms with Gasteiger partial charge < -0.3 is 0 Å². The van der Waals surface area contributed by atoms with Crippen molar-refractivity contribution in [2.24, 2.45) is 11.8 Å². The molecule has 0 bridgehead atoms. The molecule has 0 aliphatic heterocycles. The normalized spacial score (nSPS) is 12.7. The van der Waals surface area contributed by atoms with Crippen LogP contribution >= 0.6 is 0 Å². The monoisotopic (exact) mass is 555 g/mol. The Morgan fingerprint density at radius 2 is 0.575 bits per heavy atom. The summed E-state index contributed by atoms with van der Waals surface area (Å²) in [5.41, 5.74) is 0. The van der Waals surface area contributed by atoms with Crippen LogP contribution in [-0.2, 0) is 0 Å². The molecule has 0 fully saturated rings. The van der Waals surface area contributed by atoms with Gasteiger partial charge in [-0.2, -0.15) is 0 Å². The van der Waals surface area contributed by atoms with Gasteiger partial charge in [0.15, 0.2) is 0 Å². The summed E-state index contributed by atoms with van der Waals surface area (Å²) in [5, 5.41) is 0. The number of rotatable bonds is 31. The molecule has 0 unspecified atom stereocenters. The Kier molecular flexibility index (Phi) is 33.3. The Morgan fingerprint density at radius 3 is 0.875 bits per heavy atom. The minimum Gasteiger partial charge on any atom is -0.0885 e. The van der Waals surface area contributed by atoms with Crippen molar-refractivity contribution in [3.8, 4) is 0 Å². The minimum atomic E-state index is 0.799. The smallest absolute Gasteiger partial charge is 0.0348 e. The Labute approximate surface area is 254 Å². The molecular weight excluding hydrogens is 480 g/mol. The summed E-state index contributed by atoms with van der Waals surface area (Å²) in [4.78, 5) is 0. The first kappa shape index (κ1) is 39.0. The van der Waals surface area contributed by atoms with Gasteiger partial charge in [0.25, 0.3) is 0 Å². The van der Waals surface area contributed by atoms with Crippen LogP contribution in [0.5, 0.6) is 0 Å². The Hall–Kier alpha value is -1.04. The van der Waals surface area contributed by atoms with Gasteiger partial charge in [-0.1, -0.05) is 141 Å². The zero-order valence-electron chi connectivity index (χ0n) is 28.2. The lowest BCUT2D eigenvalue weighted by molar-refractivity contribution is 0.341. The molecule has 0 aromatic heterocycles. The molecule has 0 N–H and O–H groups in total. The van der Waals surface area contributed by atoms with Crippen LogP contribution < -0.4 is 0 Å². The van der Waals surface area contributed by atoms with Crippen LogP contribution in [0.1, 0.15) is 195 Å². The topological polar surface area (TPSA) is 0 Å². The van der Waals surface area contributed by atoms with E-state index in [1.165, 1.54) is 167 Å². The zero-order valence-corrected chi connectivity index (χ0v) is 28.2. The largest absolute Gasteiger partial charge is 0.0885 e. The van der Waals surface area contributed by atoms with E-state index >= 15 is 0 Å². The molecule has 40 heavy (non-hydrogen) atoms. The molecule has 0 heteroatoms. The average Bonchev–Trinajstić information content (AvgIpc) is 2.95. The van der Waals surface area contributed by atoms with E-state index in [0.29, 0.717) is 0 Å². The first-order chi connectivity index (χ1) is 19.7. The molecular formula is C40H74. The Morgan fingerprint density at radius 1 is 0.325 bits per heavy atom. The maximum absolute atomic E-state index is 2.46. The van der Waals surface area contributed by atoms with Crippen LogP contribution in [0.4, 0.5) is 0 Å². The van der Waals surface area contributed by atoms with E-state index in [-0.39, 0.29) is 0 Å². The number of unbranched alkanes of at least 4 members (excludes halogenated alkanes) is 18. The van der Waals surface area contributed by atoms with Crippen molar-refractivity contribution in [3.63, 3.8) is 0 Å². The van der Waals surface area contributed by atoms with E-state index in [4.69, 9.17) is 0 Å². The maximum atomic E-state index is 2.46. The molecule has 0 nitrogen and oxygen atoms in total.